The van der Waals surface area contributed by atoms with Crippen LogP contribution in [0.4, 0.5) is 0 Å². The Bertz CT molecular complexity index is 698. The minimum absolute atomic E-state index is 0.0232. The number of hydrogen-bond donors (Lipinski definition) is 0. The minimum Gasteiger partial charge on any atom is -0.380 e. The Morgan fingerprint density at radius 1 is 1.37 bits per heavy atom. The summed E-state index contributed by atoms with van der Waals surface area (Å²) in [6.45, 7) is 0. The zero-order chi connectivity index (χ0) is 13.5. The Balaban J connectivity index is 2.02. The number of nitrogens with zero attached hydrogens (tertiary/aromatic N) is 3. The molecule has 0 atom stereocenters. The highest BCUT2D eigenvalue weighted by molar-refractivity contribution is 7.88. The van der Waals surface area contributed by atoms with Gasteiger partial charge in [-0.3, -0.25) is 0 Å². The van der Waals surface area contributed by atoms with Crippen molar-refractivity contribution in [3.05, 3.63) is 23.7 Å². The maximum Gasteiger partial charge on any atom is 0.312 e. The number of aromatic nitrogens is 3. The molecule has 3 rings (SSSR count). The summed E-state index contributed by atoms with van der Waals surface area (Å²) in [6.07, 6.45) is 3.91. The second-order valence-electron chi connectivity index (χ2n) is 4.07. The van der Waals surface area contributed by atoms with Crippen LogP contribution in [0.1, 0.15) is 12.8 Å². The molecule has 1 aliphatic carbocycles. The molecule has 0 amide bonds. The predicted octanol–water partition coefficient (Wildman–Crippen LogP) is 1.66. The first kappa shape index (κ1) is 12.4. The Morgan fingerprint density at radius 2 is 2.16 bits per heavy atom. The van der Waals surface area contributed by atoms with Crippen molar-refractivity contribution >= 4 is 21.7 Å². The molecule has 0 unspecified atom stereocenters. The van der Waals surface area contributed by atoms with E-state index in [1.165, 1.54) is 18.5 Å². The molecule has 2 aromatic heterocycles. The van der Waals surface area contributed by atoms with Crippen LogP contribution in [0.15, 0.2) is 23.0 Å². The molecular weight excluding hydrogens is 294 g/mol. The molecule has 9 heteroatoms. The van der Waals surface area contributed by atoms with Gasteiger partial charge in [-0.15, -0.1) is 10.2 Å². The molecular formula is C10H8ClN3O4S. The Kier molecular flexibility index (Phi) is 2.90. The molecule has 0 aromatic carbocycles. The monoisotopic (exact) mass is 301 g/mol. The van der Waals surface area contributed by atoms with Crippen LogP contribution < -0.4 is 4.18 Å². The molecule has 7 nitrogen and oxygen atoms in total. The molecule has 2 aromatic rings. The molecule has 0 radical (unpaired) electrons. The van der Waals surface area contributed by atoms with Gasteiger partial charge >= 0.3 is 10.1 Å². The molecule has 0 N–H and O–H groups in total. The van der Waals surface area contributed by atoms with Crippen molar-refractivity contribution < 1.29 is 17.1 Å². The first-order chi connectivity index (χ1) is 9.06. The van der Waals surface area contributed by atoms with E-state index in [0.717, 1.165) is 0 Å². The van der Waals surface area contributed by atoms with Gasteiger partial charge in [0.1, 0.15) is 12.0 Å². The zero-order valence-corrected chi connectivity index (χ0v) is 11.1. The largest absolute Gasteiger partial charge is 0.380 e. The summed E-state index contributed by atoms with van der Waals surface area (Å²) in [4.78, 5) is 0. The van der Waals surface area contributed by atoms with Crippen molar-refractivity contribution in [1.29, 1.82) is 0 Å². The maximum atomic E-state index is 11.8. The van der Waals surface area contributed by atoms with Gasteiger partial charge in [0, 0.05) is 6.07 Å². The zero-order valence-electron chi connectivity index (χ0n) is 9.48. The smallest absolute Gasteiger partial charge is 0.312 e. The van der Waals surface area contributed by atoms with E-state index in [1.807, 2.05) is 0 Å². The highest BCUT2D eigenvalue weighted by atomic mass is 35.5. The van der Waals surface area contributed by atoms with Crippen molar-refractivity contribution in [3.8, 4) is 17.0 Å². The van der Waals surface area contributed by atoms with Crippen LogP contribution >= 0.6 is 11.6 Å². The summed E-state index contributed by atoms with van der Waals surface area (Å²) < 4.78 is 33.5. The lowest BCUT2D eigenvalue weighted by Gasteiger charge is -2.08. The average Bonchev–Trinajstić information content (AvgIpc) is 3.08. The van der Waals surface area contributed by atoms with E-state index in [0.29, 0.717) is 18.4 Å². The highest BCUT2D eigenvalue weighted by Crippen LogP contribution is 2.34. The van der Waals surface area contributed by atoms with Gasteiger partial charge in [-0.2, -0.15) is 8.42 Å². The van der Waals surface area contributed by atoms with E-state index in [4.69, 9.17) is 15.8 Å². The summed E-state index contributed by atoms with van der Waals surface area (Å²) in [6, 6.07) is 1.30. The Hall–Kier alpha value is -1.67. The van der Waals surface area contributed by atoms with Gasteiger partial charge in [0.15, 0.2) is 10.9 Å². The molecule has 19 heavy (non-hydrogen) atoms. The van der Waals surface area contributed by atoms with Crippen LogP contribution in [-0.2, 0) is 10.1 Å². The van der Waals surface area contributed by atoms with E-state index < -0.39 is 15.4 Å². The van der Waals surface area contributed by atoms with Gasteiger partial charge < -0.3 is 8.71 Å². The molecule has 0 bridgehead atoms. The fourth-order valence-corrected chi connectivity index (χ4v) is 2.85. The Morgan fingerprint density at radius 3 is 2.79 bits per heavy atom. The third-order valence-corrected chi connectivity index (χ3v) is 4.46. The van der Waals surface area contributed by atoms with E-state index in [-0.39, 0.29) is 16.6 Å². The van der Waals surface area contributed by atoms with Crippen molar-refractivity contribution in [1.82, 2.24) is 15.4 Å². The molecule has 1 fully saturated rings. The first-order valence-corrected chi connectivity index (χ1v) is 7.27. The van der Waals surface area contributed by atoms with Gasteiger partial charge in [-0.25, -0.2) is 0 Å². The molecule has 1 saturated carbocycles. The van der Waals surface area contributed by atoms with Crippen LogP contribution in [0.2, 0.25) is 5.15 Å². The lowest BCUT2D eigenvalue weighted by Crippen LogP contribution is -2.15. The minimum atomic E-state index is -3.65. The maximum absolute atomic E-state index is 11.8. The molecule has 100 valence electrons. The number of rotatable bonds is 4. The van der Waals surface area contributed by atoms with Crippen LogP contribution in [0.5, 0.6) is 5.75 Å². The topological polar surface area (TPSA) is 95.2 Å². The second-order valence-corrected chi connectivity index (χ2v) is 6.27. The van der Waals surface area contributed by atoms with E-state index in [1.54, 1.807) is 0 Å². The van der Waals surface area contributed by atoms with E-state index in [9.17, 15) is 8.42 Å². The molecule has 0 saturated heterocycles. The standard InChI is InChI=1S/C10H8ClN3O4S/c11-9-3-8(18-19(15,16)7-1-2-7)10(14-13-9)6-4-12-17-5-6/h3-5,7H,1-2H2. The van der Waals surface area contributed by atoms with Crippen LogP contribution in [0.3, 0.4) is 0 Å². The molecule has 2 heterocycles. The summed E-state index contributed by atoms with van der Waals surface area (Å²) in [7, 11) is -3.65. The van der Waals surface area contributed by atoms with Crippen molar-refractivity contribution in [2.24, 2.45) is 0 Å². The van der Waals surface area contributed by atoms with Crippen LogP contribution in [0, 0.1) is 0 Å². The summed E-state index contributed by atoms with van der Waals surface area (Å²) in [5, 5.41) is 10.6. The second kappa shape index (κ2) is 4.46. The van der Waals surface area contributed by atoms with E-state index >= 15 is 0 Å². The van der Waals surface area contributed by atoms with Crippen molar-refractivity contribution in [2.75, 3.05) is 0 Å². The summed E-state index contributed by atoms with van der Waals surface area (Å²) in [5.74, 6) is 0.0232. The third kappa shape index (κ3) is 2.54. The van der Waals surface area contributed by atoms with Gasteiger partial charge in [0.25, 0.3) is 0 Å². The van der Waals surface area contributed by atoms with Crippen LogP contribution in [0.25, 0.3) is 11.3 Å². The molecule has 1 aliphatic rings. The van der Waals surface area contributed by atoms with Crippen molar-refractivity contribution in [2.45, 2.75) is 18.1 Å². The molecule has 0 aliphatic heterocycles. The average molecular weight is 302 g/mol. The quantitative estimate of drug-likeness (QED) is 0.792. The fourth-order valence-electron chi connectivity index (χ4n) is 1.49. The third-order valence-electron chi connectivity index (χ3n) is 2.57. The SMILES string of the molecule is O=S(=O)(Oc1cc(Cl)nnc1-c1cnoc1)C1CC1. The predicted molar refractivity (Wildman–Crippen MR) is 65.1 cm³/mol. The van der Waals surface area contributed by atoms with E-state index in [2.05, 4.69) is 19.9 Å². The van der Waals surface area contributed by atoms with Gasteiger partial charge in [0.05, 0.1) is 17.0 Å². The highest BCUT2D eigenvalue weighted by Gasteiger charge is 2.38. The van der Waals surface area contributed by atoms with Crippen molar-refractivity contribution in [3.63, 3.8) is 0 Å². The van der Waals surface area contributed by atoms with Crippen LogP contribution in [-0.4, -0.2) is 29.0 Å². The fraction of sp³-hybridized carbons (Fsp3) is 0.300. The first-order valence-electron chi connectivity index (χ1n) is 5.42. The molecule has 0 spiro atoms. The number of halogens is 1. The van der Waals surface area contributed by atoms with Gasteiger partial charge in [0.2, 0.25) is 0 Å². The Labute approximate surface area is 113 Å². The normalized spacial score (nSPS) is 15.4. The number of hydrogen-bond acceptors (Lipinski definition) is 7. The van der Waals surface area contributed by atoms with Gasteiger partial charge in [-0.1, -0.05) is 16.8 Å². The lowest BCUT2D eigenvalue weighted by molar-refractivity contribution is 0.420. The summed E-state index contributed by atoms with van der Waals surface area (Å²) >= 11 is 5.71. The van der Waals surface area contributed by atoms with Gasteiger partial charge in [-0.05, 0) is 12.8 Å². The summed E-state index contributed by atoms with van der Waals surface area (Å²) in [5.41, 5.74) is 0.681. The lowest BCUT2D eigenvalue weighted by atomic mass is 10.2.